The van der Waals surface area contributed by atoms with E-state index in [-0.39, 0.29) is 6.04 Å². The van der Waals surface area contributed by atoms with Crippen molar-refractivity contribution in [2.45, 2.75) is 24.6 Å². The van der Waals surface area contributed by atoms with Gasteiger partial charge in [0, 0.05) is 28.0 Å². The first-order chi connectivity index (χ1) is 8.72. The minimum atomic E-state index is -0.0187. The van der Waals surface area contributed by atoms with Crippen LogP contribution in [0.15, 0.2) is 6.07 Å². The molecule has 0 bridgehead atoms. The van der Waals surface area contributed by atoms with Gasteiger partial charge < -0.3 is 5.73 Å². The maximum atomic E-state index is 6.23. The highest BCUT2D eigenvalue weighted by atomic mass is 32.2. The molecular formula is C11H15N5S2. The molecule has 5 nitrogen and oxygen atoms in total. The van der Waals surface area contributed by atoms with Crippen LogP contribution in [0.4, 0.5) is 0 Å². The van der Waals surface area contributed by atoms with Gasteiger partial charge in [0.1, 0.15) is 0 Å². The number of thioether (sulfide) groups is 1. The Morgan fingerprint density at radius 2 is 2.44 bits per heavy atom. The predicted molar refractivity (Wildman–Crippen MR) is 73.6 cm³/mol. The summed E-state index contributed by atoms with van der Waals surface area (Å²) in [5, 5.41) is 12.0. The molecule has 0 saturated heterocycles. The Labute approximate surface area is 114 Å². The molecule has 2 aromatic rings. The second kappa shape index (κ2) is 4.99. The molecule has 7 heteroatoms. The standard InChI is InChI=1S/C11H15N5S2/c1-16-14-11(13-15-16)5-8(12)10-4-7-6-17-3-2-9(7)18-10/h4,8H,2-3,5-6,12H2,1H3. The second-order valence-electron chi connectivity index (χ2n) is 4.41. The Morgan fingerprint density at radius 1 is 1.56 bits per heavy atom. The molecule has 1 aliphatic rings. The quantitative estimate of drug-likeness (QED) is 0.918. The van der Waals surface area contributed by atoms with E-state index in [1.165, 1.54) is 32.3 Å². The van der Waals surface area contributed by atoms with Crippen molar-refractivity contribution in [2.75, 3.05) is 5.75 Å². The van der Waals surface area contributed by atoms with Crippen molar-refractivity contribution in [3.8, 4) is 0 Å². The summed E-state index contributed by atoms with van der Waals surface area (Å²) < 4.78 is 0. The van der Waals surface area contributed by atoms with E-state index in [0.29, 0.717) is 12.2 Å². The van der Waals surface area contributed by atoms with Gasteiger partial charge in [-0.2, -0.15) is 16.6 Å². The van der Waals surface area contributed by atoms with Gasteiger partial charge in [-0.25, -0.2) is 0 Å². The number of hydrogen-bond donors (Lipinski definition) is 1. The fourth-order valence-electron chi connectivity index (χ4n) is 2.06. The van der Waals surface area contributed by atoms with Crippen LogP contribution in [0, 0.1) is 0 Å². The number of tetrazole rings is 1. The fourth-order valence-corrected chi connectivity index (χ4v) is 4.43. The van der Waals surface area contributed by atoms with Crippen LogP contribution in [0.5, 0.6) is 0 Å². The summed E-state index contributed by atoms with van der Waals surface area (Å²) in [7, 11) is 1.77. The largest absolute Gasteiger partial charge is 0.323 e. The number of rotatable bonds is 3. The molecule has 3 heterocycles. The van der Waals surface area contributed by atoms with Gasteiger partial charge >= 0.3 is 0 Å². The van der Waals surface area contributed by atoms with E-state index in [4.69, 9.17) is 5.73 Å². The summed E-state index contributed by atoms with van der Waals surface area (Å²) in [6.45, 7) is 0. The number of aryl methyl sites for hydroxylation is 2. The normalized spacial score (nSPS) is 16.6. The summed E-state index contributed by atoms with van der Waals surface area (Å²) in [6.07, 6.45) is 1.83. The predicted octanol–water partition coefficient (Wildman–Crippen LogP) is 1.30. The van der Waals surface area contributed by atoms with Crippen molar-refractivity contribution in [1.82, 2.24) is 20.2 Å². The minimum Gasteiger partial charge on any atom is -0.323 e. The van der Waals surface area contributed by atoms with Gasteiger partial charge in [0.25, 0.3) is 0 Å². The van der Waals surface area contributed by atoms with Gasteiger partial charge in [0.05, 0.1) is 7.05 Å². The molecule has 0 aliphatic carbocycles. The van der Waals surface area contributed by atoms with Gasteiger partial charge in [0.2, 0.25) is 0 Å². The van der Waals surface area contributed by atoms with E-state index < -0.39 is 0 Å². The molecule has 96 valence electrons. The highest BCUT2D eigenvalue weighted by Gasteiger charge is 2.18. The van der Waals surface area contributed by atoms with Crippen LogP contribution in [0.25, 0.3) is 0 Å². The second-order valence-corrected chi connectivity index (χ2v) is 6.68. The lowest BCUT2D eigenvalue weighted by Gasteiger charge is -2.08. The average Bonchev–Trinajstić information content (AvgIpc) is 2.95. The third-order valence-electron chi connectivity index (χ3n) is 2.96. The molecule has 1 atom stereocenters. The van der Waals surface area contributed by atoms with Gasteiger partial charge in [-0.3, -0.25) is 0 Å². The molecule has 0 aromatic carbocycles. The Hall–Kier alpha value is -0.920. The lowest BCUT2D eigenvalue weighted by atomic mass is 10.1. The number of hydrogen-bond acceptors (Lipinski definition) is 6. The van der Waals surface area contributed by atoms with Crippen LogP contribution in [0.1, 0.15) is 27.2 Å². The van der Waals surface area contributed by atoms with Crippen LogP contribution in [-0.2, 0) is 25.6 Å². The van der Waals surface area contributed by atoms with Crippen molar-refractivity contribution in [3.05, 3.63) is 27.2 Å². The first-order valence-corrected chi connectivity index (χ1v) is 7.87. The molecule has 18 heavy (non-hydrogen) atoms. The highest BCUT2D eigenvalue weighted by Crippen LogP contribution is 2.34. The van der Waals surface area contributed by atoms with Crippen LogP contribution in [0.2, 0.25) is 0 Å². The molecule has 0 spiro atoms. The lowest BCUT2D eigenvalue weighted by molar-refractivity contribution is 0.623. The molecule has 3 rings (SSSR count). The van der Waals surface area contributed by atoms with Crippen LogP contribution in [-0.4, -0.2) is 26.0 Å². The summed E-state index contributed by atoms with van der Waals surface area (Å²) in [6, 6.07) is 2.24. The molecule has 0 fully saturated rings. The van der Waals surface area contributed by atoms with Crippen molar-refractivity contribution < 1.29 is 0 Å². The topological polar surface area (TPSA) is 69.6 Å². The third-order valence-corrected chi connectivity index (χ3v) is 5.34. The summed E-state index contributed by atoms with van der Waals surface area (Å²) >= 11 is 3.85. The SMILES string of the molecule is Cn1nnc(CC(N)c2cc3c(s2)CCSC3)n1. The highest BCUT2D eigenvalue weighted by molar-refractivity contribution is 7.98. The molecule has 2 N–H and O–H groups in total. The maximum absolute atomic E-state index is 6.23. The summed E-state index contributed by atoms with van der Waals surface area (Å²) in [5.74, 6) is 3.07. The number of nitrogens with zero attached hydrogens (tertiary/aromatic N) is 4. The molecule has 1 aliphatic heterocycles. The van der Waals surface area contributed by atoms with Crippen LogP contribution >= 0.6 is 23.1 Å². The third kappa shape index (κ3) is 2.43. The van der Waals surface area contributed by atoms with Crippen LogP contribution in [0.3, 0.4) is 0 Å². The molecule has 0 radical (unpaired) electrons. The van der Waals surface area contributed by atoms with Gasteiger partial charge in [-0.15, -0.1) is 21.5 Å². The summed E-state index contributed by atoms with van der Waals surface area (Å²) in [5.41, 5.74) is 7.70. The van der Waals surface area contributed by atoms with Crippen molar-refractivity contribution in [1.29, 1.82) is 0 Å². The molecule has 0 amide bonds. The van der Waals surface area contributed by atoms with Crippen molar-refractivity contribution in [3.63, 3.8) is 0 Å². The van der Waals surface area contributed by atoms with Crippen molar-refractivity contribution in [2.24, 2.45) is 12.8 Å². The Bertz CT molecular complexity index is 524. The fraction of sp³-hybridized carbons (Fsp3) is 0.545. The molecule has 2 aromatic heterocycles. The summed E-state index contributed by atoms with van der Waals surface area (Å²) in [4.78, 5) is 4.22. The zero-order valence-corrected chi connectivity index (χ0v) is 11.8. The van der Waals surface area contributed by atoms with Crippen molar-refractivity contribution >= 4 is 23.1 Å². The number of thiophene rings is 1. The van der Waals surface area contributed by atoms with E-state index in [1.807, 2.05) is 23.1 Å². The molecular weight excluding hydrogens is 266 g/mol. The number of fused-ring (bicyclic) bond motifs is 1. The number of aromatic nitrogens is 4. The van der Waals surface area contributed by atoms with Gasteiger partial charge in [0.15, 0.2) is 5.82 Å². The average molecular weight is 281 g/mol. The van der Waals surface area contributed by atoms with E-state index in [0.717, 1.165) is 5.75 Å². The van der Waals surface area contributed by atoms with Crippen LogP contribution < -0.4 is 5.73 Å². The van der Waals surface area contributed by atoms with Gasteiger partial charge in [-0.05, 0) is 29.0 Å². The van der Waals surface area contributed by atoms with E-state index in [2.05, 4.69) is 21.5 Å². The smallest absolute Gasteiger partial charge is 0.176 e. The first-order valence-electron chi connectivity index (χ1n) is 5.90. The zero-order chi connectivity index (χ0) is 12.5. The Balaban J connectivity index is 1.75. The zero-order valence-electron chi connectivity index (χ0n) is 10.2. The van der Waals surface area contributed by atoms with E-state index in [9.17, 15) is 0 Å². The first kappa shape index (κ1) is 12.1. The lowest BCUT2D eigenvalue weighted by Crippen LogP contribution is -2.13. The maximum Gasteiger partial charge on any atom is 0.176 e. The molecule has 0 saturated carbocycles. The Morgan fingerprint density at radius 3 is 3.17 bits per heavy atom. The molecule has 1 unspecified atom stereocenters. The van der Waals surface area contributed by atoms with E-state index in [1.54, 1.807) is 7.05 Å². The number of nitrogens with two attached hydrogens (primary N) is 1. The van der Waals surface area contributed by atoms with Gasteiger partial charge in [-0.1, -0.05) is 0 Å². The minimum absolute atomic E-state index is 0.0187. The Kier molecular flexibility index (Phi) is 3.36. The van der Waals surface area contributed by atoms with E-state index >= 15 is 0 Å². The monoisotopic (exact) mass is 281 g/mol.